The molecule has 0 saturated carbocycles. The highest BCUT2D eigenvalue weighted by Crippen LogP contribution is 2.39. The molecule has 1 aliphatic heterocycles. The topological polar surface area (TPSA) is 15.3 Å². The van der Waals surface area contributed by atoms with E-state index >= 15 is 0 Å². The zero-order chi connectivity index (χ0) is 14.0. The fraction of sp³-hybridized carbons (Fsp3) is 0.600. The molecular weight excluding hydrogens is 334 g/mol. The molecule has 21 heavy (non-hydrogen) atoms. The summed E-state index contributed by atoms with van der Waals surface area (Å²) in [6.45, 7) is 10.5. The maximum absolute atomic E-state index is 13.6. The molecular formula is C15H24Cl3FN2. The molecule has 6 heteroatoms. The number of halogens is 4. The van der Waals surface area contributed by atoms with Crippen molar-refractivity contribution in [3.05, 3.63) is 34.6 Å². The van der Waals surface area contributed by atoms with Crippen LogP contribution in [0.5, 0.6) is 0 Å². The highest BCUT2D eigenvalue weighted by molar-refractivity contribution is 6.30. The number of benzene rings is 1. The van der Waals surface area contributed by atoms with Crippen LogP contribution in [0.4, 0.5) is 4.39 Å². The van der Waals surface area contributed by atoms with Gasteiger partial charge in [-0.05, 0) is 29.2 Å². The first-order chi connectivity index (χ1) is 8.88. The van der Waals surface area contributed by atoms with E-state index in [1.165, 1.54) is 6.07 Å². The predicted octanol–water partition coefficient (Wildman–Crippen LogP) is 4.32. The van der Waals surface area contributed by atoms with Gasteiger partial charge >= 0.3 is 0 Å². The SMILES string of the molecule is CC(C)(C)[C@@H](c1cc(F)cc(Cl)c1)N1CCNCC1.Cl.Cl. The van der Waals surface area contributed by atoms with Gasteiger partial charge in [-0.15, -0.1) is 24.8 Å². The Bertz CT molecular complexity index is 423. The van der Waals surface area contributed by atoms with Crippen molar-refractivity contribution >= 4 is 36.4 Å². The van der Waals surface area contributed by atoms with Crippen LogP contribution < -0.4 is 5.32 Å². The Morgan fingerprint density at radius 1 is 1.14 bits per heavy atom. The van der Waals surface area contributed by atoms with Crippen molar-refractivity contribution in [2.24, 2.45) is 5.41 Å². The van der Waals surface area contributed by atoms with Gasteiger partial charge < -0.3 is 5.32 Å². The van der Waals surface area contributed by atoms with Crippen LogP contribution in [0.25, 0.3) is 0 Å². The molecule has 1 aliphatic rings. The summed E-state index contributed by atoms with van der Waals surface area (Å²) in [4.78, 5) is 2.42. The standard InChI is InChI=1S/C15H22ClFN2.2ClH/c1-15(2,3)14(19-6-4-18-5-7-19)11-8-12(16)10-13(17)9-11;;/h8-10,14,18H,4-7H2,1-3H3;2*1H/t14-;;/m1../s1. The van der Waals surface area contributed by atoms with Gasteiger partial charge in [0.1, 0.15) is 5.82 Å². The summed E-state index contributed by atoms with van der Waals surface area (Å²) < 4.78 is 13.6. The van der Waals surface area contributed by atoms with E-state index in [0.717, 1.165) is 31.7 Å². The lowest BCUT2D eigenvalue weighted by molar-refractivity contribution is 0.0860. The van der Waals surface area contributed by atoms with Gasteiger partial charge in [0.05, 0.1) is 0 Å². The van der Waals surface area contributed by atoms with Crippen LogP contribution in [0.2, 0.25) is 5.02 Å². The summed E-state index contributed by atoms with van der Waals surface area (Å²) in [5, 5.41) is 3.83. The van der Waals surface area contributed by atoms with E-state index in [1.807, 2.05) is 6.07 Å². The quantitative estimate of drug-likeness (QED) is 0.848. The number of rotatable bonds is 2. The van der Waals surface area contributed by atoms with Crippen LogP contribution in [0, 0.1) is 11.2 Å². The Morgan fingerprint density at radius 2 is 1.71 bits per heavy atom. The van der Waals surface area contributed by atoms with Crippen LogP contribution in [-0.2, 0) is 0 Å². The first kappa shape index (κ1) is 20.9. The lowest BCUT2D eigenvalue weighted by Gasteiger charge is -2.42. The maximum Gasteiger partial charge on any atom is 0.125 e. The third kappa shape index (κ3) is 5.57. The molecule has 0 bridgehead atoms. The molecule has 0 radical (unpaired) electrons. The Kier molecular flexibility index (Phi) is 8.52. The smallest absolute Gasteiger partial charge is 0.125 e. The van der Waals surface area contributed by atoms with E-state index in [2.05, 4.69) is 31.0 Å². The van der Waals surface area contributed by atoms with Gasteiger partial charge in [-0.25, -0.2) is 4.39 Å². The van der Waals surface area contributed by atoms with E-state index in [0.29, 0.717) is 5.02 Å². The number of hydrogen-bond acceptors (Lipinski definition) is 2. The summed E-state index contributed by atoms with van der Waals surface area (Å²) in [7, 11) is 0. The minimum absolute atomic E-state index is 0. The summed E-state index contributed by atoms with van der Waals surface area (Å²) in [6.07, 6.45) is 0. The molecule has 1 aromatic rings. The molecule has 0 amide bonds. The van der Waals surface area contributed by atoms with Gasteiger partial charge in [0.2, 0.25) is 0 Å². The summed E-state index contributed by atoms with van der Waals surface area (Å²) in [6, 6.07) is 5.05. The maximum atomic E-state index is 13.6. The monoisotopic (exact) mass is 356 g/mol. The third-order valence-electron chi connectivity index (χ3n) is 3.54. The fourth-order valence-electron chi connectivity index (χ4n) is 2.93. The summed E-state index contributed by atoms with van der Waals surface area (Å²) >= 11 is 6.01. The Hall–Kier alpha value is -0.0600. The van der Waals surface area contributed by atoms with Gasteiger partial charge in [-0.2, -0.15) is 0 Å². The van der Waals surface area contributed by atoms with Crippen molar-refractivity contribution in [3.8, 4) is 0 Å². The van der Waals surface area contributed by atoms with Crippen LogP contribution >= 0.6 is 36.4 Å². The van der Waals surface area contributed by atoms with Crippen molar-refractivity contribution in [1.82, 2.24) is 10.2 Å². The van der Waals surface area contributed by atoms with Crippen molar-refractivity contribution in [2.75, 3.05) is 26.2 Å². The minimum atomic E-state index is -0.258. The second-order valence-corrected chi connectivity index (χ2v) is 6.69. The van der Waals surface area contributed by atoms with Crippen LogP contribution in [0.3, 0.4) is 0 Å². The highest BCUT2D eigenvalue weighted by Gasteiger charge is 2.32. The zero-order valence-corrected chi connectivity index (χ0v) is 15.0. The first-order valence-electron chi connectivity index (χ1n) is 6.79. The van der Waals surface area contributed by atoms with Gasteiger partial charge in [-0.1, -0.05) is 32.4 Å². The largest absolute Gasteiger partial charge is 0.314 e. The Morgan fingerprint density at radius 3 is 2.19 bits per heavy atom. The van der Waals surface area contributed by atoms with Crippen molar-refractivity contribution in [3.63, 3.8) is 0 Å². The van der Waals surface area contributed by atoms with E-state index in [1.54, 1.807) is 6.07 Å². The number of hydrogen-bond donors (Lipinski definition) is 1. The molecule has 1 N–H and O–H groups in total. The molecule has 0 aromatic heterocycles. The summed E-state index contributed by atoms with van der Waals surface area (Å²) in [5.41, 5.74) is 1.01. The van der Waals surface area contributed by atoms with E-state index in [9.17, 15) is 4.39 Å². The van der Waals surface area contributed by atoms with E-state index < -0.39 is 0 Å². The van der Waals surface area contributed by atoms with Crippen molar-refractivity contribution in [2.45, 2.75) is 26.8 Å². The highest BCUT2D eigenvalue weighted by atomic mass is 35.5. The molecule has 1 atom stereocenters. The number of nitrogens with one attached hydrogen (secondary N) is 1. The molecule has 1 saturated heterocycles. The number of nitrogens with zero attached hydrogens (tertiary/aromatic N) is 1. The van der Waals surface area contributed by atoms with Crippen LogP contribution in [0.1, 0.15) is 32.4 Å². The lowest BCUT2D eigenvalue weighted by atomic mass is 9.81. The van der Waals surface area contributed by atoms with Crippen LogP contribution in [0.15, 0.2) is 18.2 Å². The Balaban J connectivity index is 0.00000200. The summed E-state index contributed by atoms with van der Waals surface area (Å²) in [5.74, 6) is -0.258. The van der Waals surface area contributed by atoms with Crippen LogP contribution in [-0.4, -0.2) is 31.1 Å². The van der Waals surface area contributed by atoms with Gasteiger partial charge in [-0.3, -0.25) is 4.90 Å². The van der Waals surface area contributed by atoms with E-state index in [-0.39, 0.29) is 42.1 Å². The lowest BCUT2D eigenvalue weighted by Crippen LogP contribution is -2.48. The Labute approximate surface area is 144 Å². The second kappa shape index (κ2) is 8.54. The molecule has 1 fully saturated rings. The molecule has 2 rings (SSSR count). The molecule has 0 spiro atoms. The molecule has 1 heterocycles. The van der Waals surface area contributed by atoms with Gasteiger partial charge in [0.15, 0.2) is 0 Å². The molecule has 0 aliphatic carbocycles. The normalized spacial score (nSPS) is 17.6. The first-order valence-corrected chi connectivity index (χ1v) is 7.16. The second-order valence-electron chi connectivity index (χ2n) is 6.26. The average Bonchev–Trinajstić information content (AvgIpc) is 2.27. The minimum Gasteiger partial charge on any atom is -0.314 e. The fourth-order valence-corrected chi connectivity index (χ4v) is 3.16. The number of piperazine rings is 1. The van der Waals surface area contributed by atoms with Gasteiger partial charge in [0, 0.05) is 37.2 Å². The average molecular weight is 358 g/mol. The van der Waals surface area contributed by atoms with E-state index in [4.69, 9.17) is 11.6 Å². The van der Waals surface area contributed by atoms with Crippen molar-refractivity contribution in [1.29, 1.82) is 0 Å². The predicted molar refractivity (Wildman–Crippen MR) is 92.5 cm³/mol. The molecule has 0 unspecified atom stereocenters. The zero-order valence-electron chi connectivity index (χ0n) is 12.7. The third-order valence-corrected chi connectivity index (χ3v) is 3.76. The molecule has 1 aromatic carbocycles. The molecule has 2 nitrogen and oxygen atoms in total. The van der Waals surface area contributed by atoms with Gasteiger partial charge in [0.25, 0.3) is 0 Å². The van der Waals surface area contributed by atoms with Crippen molar-refractivity contribution < 1.29 is 4.39 Å². The molecule has 122 valence electrons.